The quantitative estimate of drug-likeness (QED) is 0.799. The van der Waals surface area contributed by atoms with Gasteiger partial charge in [-0.15, -0.1) is 0 Å². The fourth-order valence-corrected chi connectivity index (χ4v) is 3.32. The number of carbonyl (C=O) groups excluding carboxylic acids is 1. The van der Waals surface area contributed by atoms with Gasteiger partial charge in [-0.3, -0.25) is 9.78 Å². The Balaban J connectivity index is 1.87. The maximum atomic E-state index is 12.6. The lowest BCUT2D eigenvalue weighted by Gasteiger charge is -2.41. The van der Waals surface area contributed by atoms with Gasteiger partial charge in [-0.2, -0.15) is 0 Å². The number of ether oxygens (including phenoxy) is 3. The van der Waals surface area contributed by atoms with E-state index in [-0.39, 0.29) is 5.97 Å². The molecule has 1 aliphatic heterocycles. The van der Waals surface area contributed by atoms with Crippen LogP contribution in [0.1, 0.15) is 38.3 Å². The highest BCUT2D eigenvalue weighted by molar-refractivity contribution is 5.82. The second kappa shape index (κ2) is 5.73. The van der Waals surface area contributed by atoms with Gasteiger partial charge < -0.3 is 14.2 Å². The third-order valence-electron chi connectivity index (χ3n) is 4.50. The van der Waals surface area contributed by atoms with Crippen LogP contribution in [0.5, 0.6) is 0 Å². The SMILES string of the molecule is CCOC(=O)C1(c2ccccn2)CCC2(CC1)OCCO2. The molecular formula is C16H21NO4. The number of carbonyl (C=O) groups is 1. The summed E-state index contributed by atoms with van der Waals surface area (Å²) in [6, 6.07) is 5.68. The van der Waals surface area contributed by atoms with Gasteiger partial charge in [-0.25, -0.2) is 0 Å². The van der Waals surface area contributed by atoms with Crippen LogP contribution in [0.4, 0.5) is 0 Å². The number of nitrogens with zero attached hydrogens (tertiary/aromatic N) is 1. The molecule has 0 unspecified atom stereocenters. The predicted octanol–water partition coefficient (Wildman–Crippen LogP) is 2.20. The van der Waals surface area contributed by atoms with Crippen molar-refractivity contribution in [1.82, 2.24) is 4.98 Å². The molecule has 1 saturated carbocycles. The number of hydrogen-bond acceptors (Lipinski definition) is 5. The van der Waals surface area contributed by atoms with E-state index in [9.17, 15) is 4.79 Å². The topological polar surface area (TPSA) is 57.7 Å². The van der Waals surface area contributed by atoms with Crippen LogP contribution in [0.25, 0.3) is 0 Å². The fraction of sp³-hybridized carbons (Fsp3) is 0.625. The van der Waals surface area contributed by atoms with Crippen LogP contribution in [0, 0.1) is 0 Å². The maximum Gasteiger partial charge on any atom is 0.318 e. The van der Waals surface area contributed by atoms with Crippen molar-refractivity contribution in [2.45, 2.75) is 43.8 Å². The van der Waals surface area contributed by atoms with Crippen LogP contribution in [0.3, 0.4) is 0 Å². The van der Waals surface area contributed by atoms with Gasteiger partial charge in [0, 0.05) is 19.0 Å². The van der Waals surface area contributed by atoms with Crippen molar-refractivity contribution in [1.29, 1.82) is 0 Å². The van der Waals surface area contributed by atoms with Crippen LogP contribution in [0.15, 0.2) is 24.4 Å². The van der Waals surface area contributed by atoms with Crippen molar-refractivity contribution >= 4 is 5.97 Å². The van der Waals surface area contributed by atoms with Crippen molar-refractivity contribution in [3.63, 3.8) is 0 Å². The Morgan fingerprint density at radius 2 is 1.95 bits per heavy atom. The molecule has 1 aromatic rings. The van der Waals surface area contributed by atoms with E-state index in [0.29, 0.717) is 45.5 Å². The molecule has 1 spiro atoms. The van der Waals surface area contributed by atoms with Crippen LogP contribution >= 0.6 is 0 Å². The van der Waals surface area contributed by atoms with Crippen LogP contribution in [-0.4, -0.2) is 36.6 Å². The summed E-state index contributed by atoms with van der Waals surface area (Å²) in [6.07, 6.45) is 4.40. The lowest BCUT2D eigenvalue weighted by atomic mass is 9.69. The summed E-state index contributed by atoms with van der Waals surface area (Å²) in [5.74, 6) is -0.679. The molecule has 114 valence electrons. The smallest absolute Gasteiger partial charge is 0.318 e. The summed E-state index contributed by atoms with van der Waals surface area (Å²) < 4.78 is 16.8. The highest BCUT2D eigenvalue weighted by Crippen LogP contribution is 2.46. The molecule has 5 heteroatoms. The van der Waals surface area contributed by atoms with Gasteiger partial charge in [-0.05, 0) is 31.9 Å². The van der Waals surface area contributed by atoms with E-state index in [0.717, 1.165) is 5.69 Å². The zero-order chi connectivity index (χ0) is 14.8. The molecule has 0 radical (unpaired) electrons. The van der Waals surface area contributed by atoms with Crippen LogP contribution < -0.4 is 0 Å². The summed E-state index contributed by atoms with van der Waals surface area (Å²) >= 11 is 0. The first-order chi connectivity index (χ1) is 10.2. The lowest BCUT2D eigenvalue weighted by Crippen LogP contribution is -2.47. The molecular weight excluding hydrogens is 270 g/mol. The van der Waals surface area contributed by atoms with E-state index in [1.807, 2.05) is 25.1 Å². The first-order valence-electron chi connectivity index (χ1n) is 7.57. The average molecular weight is 291 g/mol. The molecule has 2 aliphatic rings. The highest BCUT2D eigenvalue weighted by Gasteiger charge is 2.52. The number of esters is 1. The fourth-order valence-electron chi connectivity index (χ4n) is 3.32. The van der Waals surface area contributed by atoms with Gasteiger partial charge in [0.25, 0.3) is 0 Å². The van der Waals surface area contributed by atoms with Gasteiger partial charge in [-0.1, -0.05) is 6.07 Å². The molecule has 0 atom stereocenters. The molecule has 0 aromatic carbocycles. The average Bonchev–Trinajstić information content (AvgIpc) is 2.98. The number of aromatic nitrogens is 1. The minimum atomic E-state index is -0.669. The Hall–Kier alpha value is -1.46. The molecule has 0 amide bonds. The molecule has 5 nitrogen and oxygen atoms in total. The summed E-state index contributed by atoms with van der Waals surface area (Å²) in [5.41, 5.74) is 0.119. The molecule has 2 fully saturated rings. The zero-order valence-electron chi connectivity index (χ0n) is 12.3. The largest absolute Gasteiger partial charge is 0.465 e. The molecule has 21 heavy (non-hydrogen) atoms. The van der Waals surface area contributed by atoms with Gasteiger partial charge in [0.15, 0.2) is 5.79 Å². The molecule has 2 heterocycles. The van der Waals surface area contributed by atoms with Gasteiger partial charge >= 0.3 is 5.97 Å². The summed E-state index contributed by atoms with van der Waals surface area (Å²) in [4.78, 5) is 17.0. The first kappa shape index (κ1) is 14.5. The van der Waals surface area contributed by atoms with E-state index in [1.54, 1.807) is 6.20 Å². The van der Waals surface area contributed by atoms with Crippen molar-refractivity contribution in [2.24, 2.45) is 0 Å². The predicted molar refractivity (Wildman–Crippen MR) is 75.7 cm³/mol. The minimum Gasteiger partial charge on any atom is -0.465 e. The molecule has 1 saturated heterocycles. The van der Waals surface area contributed by atoms with E-state index >= 15 is 0 Å². The standard InChI is InChI=1S/C16H21NO4/c1-2-19-14(18)15(13-5-3-4-10-17-13)6-8-16(9-7-15)20-11-12-21-16/h3-5,10H,2,6-9,11-12H2,1H3. The lowest BCUT2D eigenvalue weighted by molar-refractivity contribution is -0.191. The van der Waals surface area contributed by atoms with Crippen molar-refractivity contribution in [3.8, 4) is 0 Å². The molecule has 0 N–H and O–H groups in total. The number of pyridine rings is 1. The highest BCUT2D eigenvalue weighted by atomic mass is 16.7. The Labute approximate surface area is 124 Å². The number of hydrogen-bond donors (Lipinski definition) is 0. The monoisotopic (exact) mass is 291 g/mol. The Morgan fingerprint density at radius 1 is 1.24 bits per heavy atom. The van der Waals surface area contributed by atoms with Crippen LogP contribution in [0.2, 0.25) is 0 Å². The van der Waals surface area contributed by atoms with Crippen molar-refractivity contribution in [2.75, 3.05) is 19.8 Å². The molecule has 1 aliphatic carbocycles. The Kier molecular flexibility index (Phi) is 3.95. The molecule has 0 bridgehead atoms. The van der Waals surface area contributed by atoms with Gasteiger partial charge in [0.05, 0.1) is 25.5 Å². The van der Waals surface area contributed by atoms with Crippen LogP contribution in [-0.2, 0) is 24.4 Å². The normalized spacial score (nSPS) is 23.1. The van der Waals surface area contributed by atoms with Gasteiger partial charge in [0.1, 0.15) is 5.41 Å². The summed E-state index contributed by atoms with van der Waals surface area (Å²) in [5, 5.41) is 0. The van der Waals surface area contributed by atoms with E-state index in [1.165, 1.54) is 0 Å². The Morgan fingerprint density at radius 3 is 2.52 bits per heavy atom. The summed E-state index contributed by atoms with van der Waals surface area (Å²) in [7, 11) is 0. The zero-order valence-corrected chi connectivity index (χ0v) is 12.3. The first-order valence-corrected chi connectivity index (χ1v) is 7.57. The molecule has 1 aromatic heterocycles. The van der Waals surface area contributed by atoms with E-state index < -0.39 is 11.2 Å². The summed E-state index contributed by atoms with van der Waals surface area (Å²) in [6.45, 7) is 3.48. The minimum absolute atomic E-state index is 0.184. The van der Waals surface area contributed by atoms with Crippen molar-refractivity contribution in [3.05, 3.63) is 30.1 Å². The van der Waals surface area contributed by atoms with Crippen molar-refractivity contribution < 1.29 is 19.0 Å². The number of rotatable bonds is 3. The second-order valence-corrected chi connectivity index (χ2v) is 5.63. The second-order valence-electron chi connectivity index (χ2n) is 5.63. The van der Waals surface area contributed by atoms with Gasteiger partial charge in [0.2, 0.25) is 0 Å². The Bertz CT molecular complexity index is 486. The van der Waals surface area contributed by atoms with E-state index in [2.05, 4.69) is 4.98 Å². The van der Waals surface area contributed by atoms with E-state index in [4.69, 9.17) is 14.2 Å². The molecule has 3 rings (SSSR count). The third-order valence-corrected chi connectivity index (χ3v) is 4.50. The third kappa shape index (κ3) is 2.56. The maximum absolute atomic E-state index is 12.6.